The largest absolute Gasteiger partial charge is 0.467 e. The lowest BCUT2D eigenvalue weighted by Gasteiger charge is -2.34. The molecular formula is C18H27N3O4. The lowest BCUT2D eigenvalue weighted by Crippen LogP contribution is -2.47. The van der Waals surface area contributed by atoms with Gasteiger partial charge in [0.15, 0.2) is 0 Å². The standard InChI is InChI=1S/C18H27N3O4/c1-14-8-15(2)21(19-14)11-18-10-20(5-7-25-18)9-16(22)12-23-13-17-4-3-6-24-17/h3-4,6,8,16,18,22H,5,7,9-13H2,1-2H3/t16-,18+/m0/s1. The van der Waals surface area contributed by atoms with E-state index in [0.29, 0.717) is 26.4 Å². The van der Waals surface area contributed by atoms with E-state index in [1.165, 1.54) is 0 Å². The molecule has 0 amide bonds. The first-order chi connectivity index (χ1) is 12.1. The number of rotatable bonds is 8. The summed E-state index contributed by atoms with van der Waals surface area (Å²) in [5.41, 5.74) is 2.17. The Kier molecular flexibility index (Phi) is 6.25. The molecule has 1 saturated heterocycles. The Balaban J connectivity index is 1.40. The van der Waals surface area contributed by atoms with Crippen molar-refractivity contribution in [3.8, 4) is 0 Å². The Labute approximate surface area is 148 Å². The zero-order valence-corrected chi connectivity index (χ0v) is 14.9. The normalized spacial score (nSPS) is 20.0. The number of aryl methyl sites for hydroxylation is 2. The lowest BCUT2D eigenvalue weighted by atomic mass is 10.2. The Morgan fingerprint density at radius 1 is 1.44 bits per heavy atom. The van der Waals surface area contributed by atoms with Gasteiger partial charge in [0.2, 0.25) is 0 Å². The summed E-state index contributed by atoms with van der Waals surface area (Å²) in [6.45, 7) is 8.32. The molecule has 2 atom stereocenters. The molecule has 0 bridgehead atoms. The zero-order valence-electron chi connectivity index (χ0n) is 14.9. The van der Waals surface area contributed by atoms with Gasteiger partial charge in [-0.05, 0) is 32.0 Å². The van der Waals surface area contributed by atoms with Crippen LogP contribution >= 0.6 is 0 Å². The van der Waals surface area contributed by atoms with Gasteiger partial charge in [0, 0.05) is 25.3 Å². The van der Waals surface area contributed by atoms with Crippen LogP contribution in [0.1, 0.15) is 17.1 Å². The molecule has 0 radical (unpaired) electrons. The van der Waals surface area contributed by atoms with Gasteiger partial charge < -0.3 is 19.0 Å². The fourth-order valence-corrected chi connectivity index (χ4v) is 3.15. The molecular weight excluding hydrogens is 322 g/mol. The number of aliphatic hydroxyl groups is 1. The van der Waals surface area contributed by atoms with Crippen molar-refractivity contribution < 1.29 is 19.0 Å². The van der Waals surface area contributed by atoms with E-state index in [4.69, 9.17) is 13.9 Å². The summed E-state index contributed by atoms with van der Waals surface area (Å²) in [6.07, 6.45) is 1.18. The van der Waals surface area contributed by atoms with Gasteiger partial charge in [-0.25, -0.2) is 0 Å². The Hall–Kier alpha value is -1.67. The second kappa shape index (κ2) is 8.62. The first kappa shape index (κ1) is 18.1. The predicted octanol–water partition coefficient (Wildman–Crippen LogP) is 1.37. The van der Waals surface area contributed by atoms with Gasteiger partial charge in [-0.1, -0.05) is 0 Å². The molecule has 2 aromatic rings. The molecule has 3 rings (SSSR count). The van der Waals surface area contributed by atoms with Crippen LogP contribution in [0.15, 0.2) is 28.9 Å². The van der Waals surface area contributed by atoms with Crippen LogP contribution in [0.2, 0.25) is 0 Å². The highest BCUT2D eigenvalue weighted by Crippen LogP contribution is 2.11. The lowest BCUT2D eigenvalue weighted by molar-refractivity contribution is -0.0591. The summed E-state index contributed by atoms with van der Waals surface area (Å²) in [4.78, 5) is 2.22. The first-order valence-corrected chi connectivity index (χ1v) is 8.73. The zero-order chi connectivity index (χ0) is 17.6. The van der Waals surface area contributed by atoms with Crippen molar-refractivity contribution in [3.63, 3.8) is 0 Å². The van der Waals surface area contributed by atoms with Crippen LogP contribution in [0.5, 0.6) is 0 Å². The molecule has 1 fully saturated rings. The van der Waals surface area contributed by atoms with Crippen LogP contribution in [0.3, 0.4) is 0 Å². The van der Waals surface area contributed by atoms with Crippen LogP contribution in [-0.2, 0) is 22.6 Å². The van der Waals surface area contributed by atoms with Crippen molar-refractivity contribution in [3.05, 3.63) is 41.6 Å². The number of aliphatic hydroxyl groups excluding tert-OH is 1. The number of nitrogens with zero attached hydrogens (tertiary/aromatic N) is 3. The van der Waals surface area contributed by atoms with E-state index in [0.717, 1.165) is 36.8 Å². The maximum absolute atomic E-state index is 10.2. The van der Waals surface area contributed by atoms with Gasteiger partial charge in [-0.15, -0.1) is 0 Å². The summed E-state index contributed by atoms with van der Waals surface area (Å²) in [6, 6.07) is 5.75. The van der Waals surface area contributed by atoms with E-state index < -0.39 is 6.10 Å². The molecule has 25 heavy (non-hydrogen) atoms. The van der Waals surface area contributed by atoms with Gasteiger partial charge in [0.25, 0.3) is 0 Å². The van der Waals surface area contributed by atoms with Crippen LogP contribution in [0.25, 0.3) is 0 Å². The van der Waals surface area contributed by atoms with E-state index in [1.807, 2.05) is 23.7 Å². The summed E-state index contributed by atoms with van der Waals surface area (Å²) in [5.74, 6) is 0.767. The number of ether oxygens (including phenoxy) is 2. The summed E-state index contributed by atoms with van der Waals surface area (Å²) < 4.78 is 18.6. The van der Waals surface area contributed by atoms with Crippen molar-refractivity contribution in [1.82, 2.24) is 14.7 Å². The summed E-state index contributed by atoms with van der Waals surface area (Å²) in [7, 11) is 0. The Bertz CT molecular complexity index is 641. The second-order valence-corrected chi connectivity index (χ2v) is 6.61. The molecule has 0 saturated carbocycles. The highest BCUT2D eigenvalue weighted by molar-refractivity contribution is 5.06. The smallest absolute Gasteiger partial charge is 0.129 e. The van der Waals surface area contributed by atoms with Crippen molar-refractivity contribution in [2.24, 2.45) is 0 Å². The third kappa shape index (κ3) is 5.40. The van der Waals surface area contributed by atoms with E-state index in [2.05, 4.69) is 23.0 Å². The molecule has 3 heterocycles. The van der Waals surface area contributed by atoms with Crippen molar-refractivity contribution in [2.75, 3.05) is 32.8 Å². The van der Waals surface area contributed by atoms with Gasteiger partial charge in [0.05, 0.1) is 43.9 Å². The average molecular weight is 349 g/mol. The molecule has 0 spiro atoms. The number of morpholine rings is 1. The predicted molar refractivity (Wildman–Crippen MR) is 92.3 cm³/mol. The first-order valence-electron chi connectivity index (χ1n) is 8.73. The minimum atomic E-state index is -0.526. The molecule has 0 unspecified atom stereocenters. The van der Waals surface area contributed by atoms with Gasteiger partial charge in [-0.2, -0.15) is 5.10 Å². The van der Waals surface area contributed by atoms with Crippen LogP contribution in [0.4, 0.5) is 0 Å². The minimum Gasteiger partial charge on any atom is -0.467 e. The summed E-state index contributed by atoms with van der Waals surface area (Å²) in [5, 5.41) is 14.7. The maximum atomic E-state index is 10.2. The minimum absolute atomic E-state index is 0.0861. The summed E-state index contributed by atoms with van der Waals surface area (Å²) >= 11 is 0. The van der Waals surface area contributed by atoms with E-state index >= 15 is 0 Å². The molecule has 7 heteroatoms. The van der Waals surface area contributed by atoms with Crippen molar-refractivity contribution in [2.45, 2.75) is 39.2 Å². The molecule has 2 aromatic heterocycles. The average Bonchev–Trinajstić information content (AvgIpc) is 3.18. The number of aromatic nitrogens is 2. The number of hydrogen-bond acceptors (Lipinski definition) is 6. The molecule has 7 nitrogen and oxygen atoms in total. The van der Waals surface area contributed by atoms with Gasteiger partial charge >= 0.3 is 0 Å². The van der Waals surface area contributed by atoms with Crippen molar-refractivity contribution in [1.29, 1.82) is 0 Å². The van der Waals surface area contributed by atoms with E-state index in [9.17, 15) is 5.11 Å². The van der Waals surface area contributed by atoms with E-state index in [1.54, 1.807) is 6.26 Å². The Morgan fingerprint density at radius 3 is 3.04 bits per heavy atom. The van der Waals surface area contributed by atoms with Crippen LogP contribution < -0.4 is 0 Å². The second-order valence-electron chi connectivity index (χ2n) is 6.61. The highest BCUT2D eigenvalue weighted by Gasteiger charge is 2.23. The molecule has 0 aromatic carbocycles. The van der Waals surface area contributed by atoms with Crippen LogP contribution in [0, 0.1) is 13.8 Å². The monoisotopic (exact) mass is 349 g/mol. The number of β-amino-alcohol motifs (C(OH)–C–C–N with tert-alkyl or cyclic N) is 1. The van der Waals surface area contributed by atoms with Gasteiger partial charge in [-0.3, -0.25) is 9.58 Å². The Morgan fingerprint density at radius 2 is 2.32 bits per heavy atom. The molecule has 1 N–H and O–H groups in total. The number of furan rings is 1. The molecule has 1 aliphatic heterocycles. The third-order valence-corrected chi connectivity index (χ3v) is 4.31. The number of hydrogen-bond donors (Lipinski definition) is 1. The van der Waals surface area contributed by atoms with Gasteiger partial charge in [0.1, 0.15) is 12.4 Å². The fraction of sp³-hybridized carbons (Fsp3) is 0.611. The molecule has 1 aliphatic rings. The highest BCUT2D eigenvalue weighted by atomic mass is 16.5. The third-order valence-electron chi connectivity index (χ3n) is 4.31. The van der Waals surface area contributed by atoms with Crippen molar-refractivity contribution >= 4 is 0 Å². The molecule has 0 aliphatic carbocycles. The maximum Gasteiger partial charge on any atom is 0.129 e. The quantitative estimate of drug-likeness (QED) is 0.776. The SMILES string of the molecule is Cc1cc(C)n(C[C@H]2CN(C[C@H](O)COCc3ccco3)CCO2)n1. The molecule has 138 valence electrons. The van der Waals surface area contributed by atoms with Crippen LogP contribution in [-0.4, -0.2) is 64.8 Å². The topological polar surface area (TPSA) is 72.9 Å². The fourth-order valence-electron chi connectivity index (χ4n) is 3.15. The van der Waals surface area contributed by atoms with E-state index in [-0.39, 0.29) is 6.10 Å².